The topological polar surface area (TPSA) is 104 Å². The second kappa shape index (κ2) is 11.2. The highest BCUT2D eigenvalue weighted by Gasteiger charge is 2.47. The number of aromatic nitrogens is 1. The van der Waals surface area contributed by atoms with Crippen LogP contribution in [0.1, 0.15) is 20.8 Å². The molecule has 2 heterocycles. The largest absolute Gasteiger partial charge is 0.476 e. The summed E-state index contributed by atoms with van der Waals surface area (Å²) in [6.07, 6.45) is -0.966. The van der Waals surface area contributed by atoms with E-state index >= 15 is 0 Å². The van der Waals surface area contributed by atoms with Crippen molar-refractivity contribution in [2.24, 2.45) is 0 Å². The fourth-order valence-corrected chi connectivity index (χ4v) is 4.73. The number of anilines is 1. The van der Waals surface area contributed by atoms with Gasteiger partial charge in [0.2, 0.25) is 0 Å². The van der Waals surface area contributed by atoms with Crippen molar-refractivity contribution in [1.29, 1.82) is 0 Å². The van der Waals surface area contributed by atoms with Gasteiger partial charge in [0, 0.05) is 52.4 Å². The average molecular weight is 489 g/mol. The van der Waals surface area contributed by atoms with Crippen LogP contribution in [0.3, 0.4) is 0 Å². The number of hydrogen-bond donors (Lipinski definition) is 0. The Morgan fingerprint density at radius 1 is 0.912 bits per heavy atom. The fourth-order valence-electron chi connectivity index (χ4n) is 3.51. The molecule has 1 aromatic carbocycles. The summed E-state index contributed by atoms with van der Waals surface area (Å²) in [6, 6.07) is 11.3. The number of carbonyl (C=O) groups is 3. The molecule has 1 aliphatic heterocycles. The molecular formula is C24H28N2O7S. The first-order valence-electron chi connectivity index (χ1n) is 10.7. The maximum absolute atomic E-state index is 11.8. The number of benzene rings is 1. The van der Waals surface area contributed by atoms with E-state index in [1.165, 1.54) is 32.5 Å². The number of hydrogen-bond acceptors (Lipinski definition) is 10. The van der Waals surface area contributed by atoms with Crippen molar-refractivity contribution >= 4 is 35.5 Å². The van der Waals surface area contributed by atoms with Crippen LogP contribution in [0.5, 0.6) is 5.75 Å². The number of thioether (sulfide) groups is 1. The van der Waals surface area contributed by atoms with E-state index in [9.17, 15) is 14.4 Å². The van der Waals surface area contributed by atoms with Crippen LogP contribution in [0.15, 0.2) is 42.6 Å². The number of carbonyl (C=O) groups excluding carboxylic acids is 3. The monoisotopic (exact) mass is 488 g/mol. The van der Waals surface area contributed by atoms with E-state index in [0.717, 1.165) is 16.9 Å². The third-order valence-electron chi connectivity index (χ3n) is 4.93. The lowest BCUT2D eigenvalue weighted by Crippen LogP contribution is -2.55. The number of pyridine rings is 1. The molecule has 0 aliphatic carbocycles. The zero-order chi connectivity index (χ0) is 24.8. The van der Waals surface area contributed by atoms with Gasteiger partial charge in [0.1, 0.15) is 11.6 Å². The molecule has 0 amide bonds. The Labute approximate surface area is 202 Å². The fraction of sp³-hybridized carbons (Fsp3) is 0.417. The van der Waals surface area contributed by atoms with Crippen molar-refractivity contribution in [3.8, 4) is 16.9 Å². The van der Waals surface area contributed by atoms with Crippen molar-refractivity contribution in [1.82, 2.24) is 4.98 Å². The highest BCUT2D eigenvalue weighted by molar-refractivity contribution is 7.99. The summed E-state index contributed by atoms with van der Waals surface area (Å²) in [5.41, 5.74) is 1.12. The molecule has 182 valence electrons. The summed E-state index contributed by atoms with van der Waals surface area (Å²) < 4.78 is 22.4. The Morgan fingerprint density at radius 2 is 1.59 bits per heavy atom. The maximum Gasteiger partial charge on any atom is 0.303 e. The van der Waals surface area contributed by atoms with Crippen LogP contribution < -0.4 is 9.64 Å². The first-order valence-corrected chi connectivity index (χ1v) is 11.7. The normalized spacial score (nSPS) is 21.8. The van der Waals surface area contributed by atoms with Crippen LogP contribution >= 0.6 is 11.8 Å². The molecule has 0 saturated carbocycles. The third-order valence-corrected chi connectivity index (χ3v) is 6.14. The van der Waals surface area contributed by atoms with Gasteiger partial charge < -0.3 is 23.8 Å². The van der Waals surface area contributed by atoms with Crippen LogP contribution in [0.4, 0.5) is 5.82 Å². The van der Waals surface area contributed by atoms with Gasteiger partial charge in [-0.3, -0.25) is 14.4 Å². The van der Waals surface area contributed by atoms with Gasteiger partial charge >= 0.3 is 17.9 Å². The highest BCUT2D eigenvalue weighted by Crippen LogP contribution is 2.35. The molecule has 4 atom stereocenters. The molecular weight excluding hydrogens is 460 g/mol. The quantitative estimate of drug-likeness (QED) is 0.427. The molecule has 1 saturated heterocycles. The Hall–Kier alpha value is -3.27. The van der Waals surface area contributed by atoms with E-state index in [0.29, 0.717) is 11.5 Å². The molecule has 2 aromatic rings. The van der Waals surface area contributed by atoms with Gasteiger partial charge in [-0.25, -0.2) is 4.98 Å². The molecule has 0 N–H and O–H groups in total. The predicted octanol–water partition coefficient (Wildman–Crippen LogP) is 3.06. The molecule has 3 rings (SSSR count). The lowest BCUT2D eigenvalue weighted by molar-refractivity contribution is -0.186. The minimum absolute atomic E-state index is 0.301. The minimum Gasteiger partial charge on any atom is -0.476 e. The van der Waals surface area contributed by atoms with E-state index < -0.39 is 41.7 Å². The highest BCUT2D eigenvalue weighted by atomic mass is 32.2. The van der Waals surface area contributed by atoms with E-state index in [4.69, 9.17) is 18.9 Å². The molecule has 0 spiro atoms. The minimum atomic E-state index is -0.998. The third kappa shape index (κ3) is 6.63. The van der Waals surface area contributed by atoms with Gasteiger partial charge in [0.05, 0.1) is 0 Å². The van der Waals surface area contributed by atoms with E-state index in [-0.39, 0.29) is 0 Å². The zero-order valence-electron chi connectivity index (χ0n) is 19.7. The van der Waals surface area contributed by atoms with E-state index in [2.05, 4.69) is 4.98 Å². The molecule has 1 aromatic heterocycles. The van der Waals surface area contributed by atoms with Gasteiger partial charge in [0.25, 0.3) is 0 Å². The second-order valence-corrected chi connectivity index (χ2v) is 9.07. The van der Waals surface area contributed by atoms with Crippen molar-refractivity contribution in [3.05, 3.63) is 42.6 Å². The van der Waals surface area contributed by atoms with Gasteiger partial charge in [-0.2, -0.15) is 0 Å². The second-order valence-electron chi connectivity index (χ2n) is 7.94. The molecule has 1 aliphatic rings. The van der Waals surface area contributed by atoms with Gasteiger partial charge in [-0.1, -0.05) is 12.1 Å². The summed E-state index contributed by atoms with van der Waals surface area (Å²) >= 11 is 1.31. The molecule has 0 radical (unpaired) electrons. The molecule has 1 fully saturated rings. The molecule has 0 bridgehead atoms. The van der Waals surface area contributed by atoms with Gasteiger partial charge in [-0.15, -0.1) is 11.8 Å². The van der Waals surface area contributed by atoms with Crippen molar-refractivity contribution in [2.45, 2.75) is 44.5 Å². The Bertz CT molecular complexity index is 1030. The smallest absolute Gasteiger partial charge is 0.303 e. The van der Waals surface area contributed by atoms with Crippen molar-refractivity contribution in [3.63, 3.8) is 0 Å². The Balaban J connectivity index is 1.85. The van der Waals surface area contributed by atoms with Crippen LogP contribution in [0.2, 0.25) is 0 Å². The first-order chi connectivity index (χ1) is 16.1. The van der Waals surface area contributed by atoms with Crippen LogP contribution in [0, 0.1) is 0 Å². The molecule has 34 heavy (non-hydrogen) atoms. The van der Waals surface area contributed by atoms with Crippen molar-refractivity contribution in [2.75, 3.05) is 24.7 Å². The Morgan fingerprint density at radius 3 is 2.18 bits per heavy atom. The average Bonchev–Trinajstić information content (AvgIpc) is 2.77. The van der Waals surface area contributed by atoms with Gasteiger partial charge in [0.15, 0.2) is 23.7 Å². The number of esters is 3. The van der Waals surface area contributed by atoms with Crippen LogP contribution in [-0.2, 0) is 28.6 Å². The predicted molar refractivity (Wildman–Crippen MR) is 128 cm³/mol. The van der Waals surface area contributed by atoms with Gasteiger partial charge in [-0.05, 0) is 29.8 Å². The lowest BCUT2D eigenvalue weighted by atomic mass is 10.1. The van der Waals surface area contributed by atoms with E-state index in [1.54, 1.807) is 12.3 Å². The molecule has 0 unspecified atom stereocenters. The number of ether oxygens (including phenoxy) is 4. The summed E-state index contributed by atoms with van der Waals surface area (Å²) in [7, 11) is 3.85. The zero-order valence-corrected chi connectivity index (χ0v) is 20.5. The van der Waals surface area contributed by atoms with Crippen LogP contribution in [0.25, 0.3) is 11.1 Å². The standard InChI is InChI=1S/C24H28N2O7S/c1-14(27)30-20-13-34-24(23(32-16(3)29)22(20)31-15(2)28)33-19-8-6-7-17(11-19)18-9-10-21(25-12-18)26(4)5/h6-12,20,22-24H,13H2,1-5H3/t20-,22+,23-,24-/m1/s1. The first kappa shape index (κ1) is 25.4. The summed E-state index contributed by atoms with van der Waals surface area (Å²) in [6.45, 7) is 3.77. The summed E-state index contributed by atoms with van der Waals surface area (Å²) in [5, 5.41) is 0. The molecule has 9 nitrogen and oxygen atoms in total. The summed E-state index contributed by atoms with van der Waals surface area (Å²) in [4.78, 5) is 41.5. The van der Waals surface area contributed by atoms with E-state index in [1.807, 2.05) is 49.3 Å². The maximum atomic E-state index is 11.8. The summed E-state index contributed by atoms with van der Waals surface area (Å²) in [5.74, 6) is 0.0102. The lowest BCUT2D eigenvalue weighted by Gasteiger charge is -2.39. The number of rotatable bonds is 7. The van der Waals surface area contributed by atoms with Crippen molar-refractivity contribution < 1.29 is 33.3 Å². The van der Waals surface area contributed by atoms with Crippen LogP contribution in [-0.4, -0.2) is 66.5 Å². The Kier molecular flexibility index (Phi) is 8.38. The number of nitrogens with zero attached hydrogens (tertiary/aromatic N) is 2. The SMILES string of the molecule is CC(=O)O[C@@H]1[C@@H](OC(C)=O)[C@H](OC(C)=O)CS[C@H]1Oc1cccc(-c2ccc(N(C)C)nc2)c1. The molecule has 10 heteroatoms.